The van der Waals surface area contributed by atoms with Crippen molar-refractivity contribution in [2.24, 2.45) is 0 Å². The molecule has 0 saturated heterocycles. The van der Waals surface area contributed by atoms with Gasteiger partial charge in [0.2, 0.25) is 0 Å². The normalized spacial score (nSPS) is 10.6. The van der Waals surface area contributed by atoms with E-state index in [0.29, 0.717) is 0 Å². The number of halogens is 1. The average molecular weight is 275 g/mol. The minimum Gasteiger partial charge on any atom is -0.313 e. The monoisotopic (exact) mass is 274 g/mol. The van der Waals surface area contributed by atoms with E-state index in [0.717, 1.165) is 42.2 Å². The lowest BCUT2D eigenvalue weighted by molar-refractivity contribution is 0.675. The maximum atomic E-state index is 6.31. The van der Waals surface area contributed by atoms with Gasteiger partial charge in [-0.3, -0.25) is 4.98 Å². The van der Waals surface area contributed by atoms with Crippen molar-refractivity contribution in [3.8, 4) is 0 Å². The molecule has 100 valence electrons. The molecule has 1 N–H and O–H groups in total. The van der Waals surface area contributed by atoms with E-state index in [2.05, 4.69) is 29.4 Å². The van der Waals surface area contributed by atoms with E-state index in [1.807, 2.05) is 30.5 Å². The van der Waals surface area contributed by atoms with Crippen molar-refractivity contribution in [2.75, 3.05) is 6.54 Å². The van der Waals surface area contributed by atoms with Gasteiger partial charge in [-0.2, -0.15) is 0 Å². The number of hydrogen-bond acceptors (Lipinski definition) is 2. The van der Waals surface area contributed by atoms with Crippen LogP contribution in [0.1, 0.15) is 30.2 Å². The van der Waals surface area contributed by atoms with Gasteiger partial charge < -0.3 is 5.32 Å². The van der Waals surface area contributed by atoms with E-state index in [9.17, 15) is 0 Å². The van der Waals surface area contributed by atoms with Crippen LogP contribution in [0.25, 0.3) is 0 Å². The molecule has 1 aromatic heterocycles. The molecule has 0 radical (unpaired) electrons. The summed E-state index contributed by atoms with van der Waals surface area (Å²) in [5, 5.41) is 4.20. The summed E-state index contributed by atoms with van der Waals surface area (Å²) in [6.45, 7) is 4.01. The molecule has 0 amide bonds. The van der Waals surface area contributed by atoms with Gasteiger partial charge in [0.1, 0.15) is 0 Å². The number of hydrogen-bond donors (Lipinski definition) is 1. The number of rotatable bonds is 6. The SMILES string of the molecule is CCCNCc1ccc(Cc2ccccn2)cc1Cl. The van der Waals surface area contributed by atoms with Gasteiger partial charge in [-0.1, -0.05) is 36.7 Å². The highest BCUT2D eigenvalue weighted by molar-refractivity contribution is 6.31. The Kier molecular flexibility index (Phi) is 5.37. The minimum absolute atomic E-state index is 0.823. The molecule has 1 aromatic carbocycles. The third-order valence-corrected chi connectivity index (χ3v) is 3.32. The lowest BCUT2D eigenvalue weighted by Gasteiger charge is -2.08. The van der Waals surface area contributed by atoms with Crippen molar-refractivity contribution in [1.82, 2.24) is 10.3 Å². The van der Waals surface area contributed by atoms with Crippen LogP contribution < -0.4 is 5.32 Å². The second-order valence-corrected chi connectivity index (χ2v) is 5.01. The van der Waals surface area contributed by atoms with Crippen molar-refractivity contribution in [2.45, 2.75) is 26.3 Å². The third-order valence-electron chi connectivity index (χ3n) is 2.97. The van der Waals surface area contributed by atoms with Crippen LogP contribution in [0.5, 0.6) is 0 Å². The summed E-state index contributed by atoms with van der Waals surface area (Å²) in [7, 11) is 0. The predicted molar refractivity (Wildman–Crippen MR) is 80.5 cm³/mol. The predicted octanol–water partition coefficient (Wildman–Crippen LogP) is 3.83. The number of nitrogens with one attached hydrogen (secondary N) is 1. The first-order valence-electron chi connectivity index (χ1n) is 6.67. The molecular weight excluding hydrogens is 256 g/mol. The van der Waals surface area contributed by atoms with Gasteiger partial charge in [0, 0.05) is 29.9 Å². The second-order valence-electron chi connectivity index (χ2n) is 4.60. The molecule has 0 spiro atoms. The molecule has 0 unspecified atom stereocenters. The highest BCUT2D eigenvalue weighted by Crippen LogP contribution is 2.19. The van der Waals surface area contributed by atoms with Crippen molar-refractivity contribution >= 4 is 11.6 Å². The first-order chi connectivity index (χ1) is 9.29. The van der Waals surface area contributed by atoms with Crippen LogP contribution in [-0.2, 0) is 13.0 Å². The Morgan fingerprint density at radius 2 is 2.11 bits per heavy atom. The molecule has 0 fully saturated rings. The van der Waals surface area contributed by atoms with Gasteiger partial charge in [-0.05, 0) is 42.3 Å². The Hall–Kier alpha value is -1.38. The summed E-state index contributed by atoms with van der Waals surface area (Å²) in [5.74, 6) is 0. The Morgan fingerprint density at radius 1 is 1.21 bits per heavy atom. The summed E-state index contributed by atoms with van der Waals surface area (Å²) < 4.78 is 0. The maximum Gasteiger partial charge on any atom is 0.0453 e. The molecule has 2 aromatic rings. The molecule has 2 nitrogen and oxygen atoms in total. The van der Waals surface area contributed by atoms with Gasteiger partial charge in [-0.25, -0.2) is 0 Å². The number of pyridine rings is 1. The summed E-state index contributed by atoms with van der Waals surface area (Å²) in [6, 6.07) is 12.2. The highest BCUT2D eigenvalue weighted by atomic mass is 35.5. The van der Waals surface area contributed by atoms with E-state index in [1.165, 1.54) is 5.56 Å². The van der Waals surface area contributed by atoms with E-state index in [1.54, 1.807) is 0 Å². The summed E-state index contributed by atoms with van der Waals surface area (Å²) in [6.07, 6.45) is 3.78. The Morgan fingerprint density at radius 3 is 2.79 bits per heavy atom. The topological polar surface area (TPSA) is 24.9 Å². The molecule has 0 saturated carbocycles. The summed E-state index contributed by atoms with van der Waals surface area (Å²) in [4.78, 5) is 4.33. The van der Waals surface area contributed by atoms with E-state index < -0.39 is 0 Å². The molecule has 2 rings (SSSR count). The molecule has 0 atom stereocenters. The number of aromatic nitrogens is 1. The minimum atomic E-state index is 0.823. The standard InChI is InChI=1S/C16H19ClN2/c1-2-8-18-12-14-7-6-13(11-16(14)17)10-15-5-3-4-9-19-15/h3-7,9,11,18H,2,8,10,12H2,1H3. The average Bonchev–Trinajstić information content (AvgIpc) is 2.43. The Bertz CT molecular complexity index is 511. The fourth-order valence-corrected chi connectivity index (χ4v) is 2.23. The Labute approximate surface area is 119 Å². The smallest absolute Gasteiger partial charge is 0.0453 e. The molecular formula is C16H19ClN2. The van der Waals surface area contributed by atoms with Crippen molar-refractivity contribution < 1.29 is 0 Å². The van der Waals surface area contributed by atoms with Crippen LogP contribution in [0.2, 0.25) is 5.02 Å². The van der Waals surface area contributed by atoms with Crippen LogP contribution in [0.4, 0.5) is 0 Å². The van der Waals surface area contributed by atoms with Gasteiger partial charge in [-0.15, -0.1) is 0 Å². The van der Waals surface area contributed by atoms with E-state index in [4.69, 9.17) is 11.6 Å². The summed E-state index contributed by atoms with van der Waals surface area (Å²) in [5.41, 5.74) is 3.42. The first-order valence-corrected chi connectivity index (χ1v) is 7.05. The van der Waals surface area contributed by atoms with Gasteiger partial charge in [0.25, 0.3) is 0 Å². The van der Waals surface area contributed by atoms with Crippen molar-refractivity contribution in [3.05, 3.63) is 64.4 Å². The van der Waals surface area contributed by atoms with Gasteiger partial charge >= 0.3 is 0 Å². The van der Waals surface area contributed by atoms with E-state index >= 15 is 0 Å². The lowest BCUT2D eigenvalue weighted by atomic mass is 10.1. The van der Waals surface area contributed by atoms with Crippen LogP contribution >= 0.6 is 11.6 Å². The quantitative estimate of drug-likeness (QED) is 0.810. The zero-order valence-corrected chi connectivity index (χ0v) is 12.0. The van der Waals surface area contributed by atoms with Gasteiger partial charge in [0.05, 0.1) is 0 Å². The first kappa shape index (κ1) is 14.0. The van der Waals surface area contributed by atoms with Crippen LogP contribution in [0, 0.1) is 0 Å². The molecule has 0 bridgehead atoms. The van der Waals surface area contributed by atoms with Gasteiger partial charge in [0.15, 0.2) is 0 Å². The maximum absolute atomic E-state index is 6.31. The molecule has 19 heavy (non-hydrogen) atoms. The zero-order chi connectivity index (χ0) is 13.5. The lowest BCUT2D eigenvalue weighted by Crippen LogP contribution is -2.14. The Balaban J connectivity index is 2.02. The third kappa shape index (κ3) is 4.34. The van der Waals surface area contributed by atoms with Crippen molar-refractivity contribution in [1.29, 1.82) is 0 Å². The number of benzene rings is 1. The molecule has 1 heterocycles. The molecule has 3 heteroatoms. The highest BCUT2D eigenvalue weighted by Gasteiger charge is 2.03. The van der Waals surface area contributed by atoms with E-state index in [-0.39, 0.29) is 0 Å². The molecule has 0 aliphatic heterocycles. The fraction of sp³-hybridized carbons (Fsp3) is 0.312. The van der Waals surface area contributed by atoms with Crippen LogP contribution in [0.3, 0.4) is 0 Å². The fourth-order valence-electron chi connectivity index (χ4n) is 1.96. The second kappa shape index (κ2) is 7.27. The van der Waals surface area contributed by atoms with Crippen LogP contribution in [-0.4, -0.2) is 11.5 Å². The van der Waals surface area contributed by atoms with Crippen LogP contribution in [0.15, 0.2) is 42.6 Å². The molecule has 0 aliphatic rings. The largest absolute Gasteiger partial charge is 0.313 e. The zero-order valence-electron chi connectivity index (χ0n) is 11.2. The molecule has 0 aliphatic carbocycles. The number of nitrogens with zero attached hydrogens (tertiary/aromatic N) is 1. The van der Waals surface area contributed by atoms with Crippen molar-refractivity contribution in [3.63, 3.8) is 0 Å². The summed E-state index contributed by atoms with van der Waals surface area (Å²) >= 11 is 6.31.